The minimum atomic E-state index is -0.685. The molecule has 184 valence electrons. The normalized spacial score (nSPS) is 21.1. The van der Waals surface area contributed by atoms with Gasteiger partial charge in [-0.1, -0.05) is 13.8 Å². The minimum Gasteiger partial charge on any atom is -0.494 e. The fraction of sp³-hybridized carbons (Fsp3) is 0.583. The zero-order valence-electron chi connectivity index (χ0n) is 20.4. The molecular weight excluding hydrogens is 438 g/mol. The number of fused-ring (bicyclic) bond motifs is 1. The zero-order chi connectivity index (χ0) is 24.7. The molecule has 3 heterocycles. The molecule has 0 radical (unpaired) electrons. The first-order valence-corrected chi connectivity index (χ1v) is 11.8. The number of carbonyl (C=O) groups is 2. The molecular formula is C24H33N5O5. The van der Waals surface area contributed by atoms with Crippen molar-refractivity contribution in [2.45, 2.75) is 72.1 Å². The summed E-state index contributed by atoms with van der Waals surface area (Å²) in [6.45, 7) is 10.9. The summed E-state index contributed by atoms with van der Waals surface area (Å²) in [6.07, 6.45) is 4.82. The number of hydrogen-bond donors (Lipinski definition) is 2. The molecule has 2 atom stereocenters. The topological polar surface area (TPSA) is 118 Å². The van der Waals surface area contributed by atoms with Crippen LogP contribution in [0.4, 0.5) is 0 Å². The number of aromatic hydroxyl groups is 1. The Bertz CT molecular complexity index is 1200. The van der Waals surface area contributed by atoms with Crippen LogP contribution in [0.25, 0.3) is 11.7 Å². The molecule has 2 N–H and O–H groups in total. The summed E-state index contributed by atoms with van der Waals surface area (Å²) in [5, 5.41) is 18.2. The zero-order valence-corrected chi connectivity index (χ0v) is 20.4. The molecule has 2 fully saturated rings. The van der Waals surface area contributed by atoms with Crippen LogP contribution in [0.5, 0.6) is 5.88 Å². The van der Waals surface area contributed by atoms with Gasteiger partial charge in [0.25, 0.3) is 11.5 Å². The van der Waals surface area contributed by atoms with Crippen LogP contribution < -0.4 is 10.9 Å². The third-order valence-electron chi connectivity index (χ3n) is 6.22. The highest BCUT2D eigenvalue weighted by atomic mass is 16.5. The van der Waals surface area contributed by atoms with Crippen LogP contribution in [-0.4, -0.2) is 67.3 Å². The second-order valence-electron chi connectivity index (χ2n) is 9.80. The van der Waals surface area contributed by atoms with Gasteiger partial charge < -0.3 is 20.1 Å². The van der Waals surface area contributed by atoms with E-state index in [-0.39, 0.29) is 41.4 Å². The summed E-state index contributed by atoms with van der Waals surface area (Å²) in [6, 6.07) is -0.0717. The van der Waals surface area contributed by atoms with Gasteiger partial charge in [-0.05, 0) is 45.6 Å². The molecule has 2 aromatic rings. The fourth-order valence-electron chi connectivity index (χ4n) is 4.46. The van der Waals surface area contributed by atoms with Crippen LogP contribution in [0, 0.1) is 12.8 Å². The fourth-order valence-corrected chi connectivity index (χ4v) is 4.46. The van der Waals surface area contributed by atoms with Gasteiger partial charge in [0.2, 0.25) is 11.8 Å². The molecule has 10 nitrogen and oxygen atoms in total. The number of aryl methyl sites for hydroxylation is 1. The third kappa shape index (κ3) is 4.46. The van der Waals surface area contributed by atoms with E-state index in [1.807, 2.05) is 27.7 Å². The largest absolute Gasteiger partial charge is 0.494 e. The van der Waals surface area contributed by atoms with E-state index >= 15 is 0 Å². The maximum atomic E-state index is 13.2. The molecule has 1 saturated heterocycles. The van der Waals surface area contributed by atoms with Crippen molar-refractivity contribution in [3.8, 4) is 5.88 Å². The van der Waals surface area contributed by atoms with Crippen molar-refractivity contribution in [1.82, 2.24) is 24.4 Å². The maximum Gasteiger partial charge on any atom is 0.291 e. The Labute approximate surface area is 198 Å². The first-order chi connectivity index (χ1) is 16.1. The Morgan fingerprint density at radius 2 is 1.88 bits per heavy atom. The molecule has 2 amide bonds. The second kappa shape index (κ2) is 9.25. The van der Waals surface area contributed by atoms with Crippen molar-refractivity contribution in [3.63, 3.8) is 0 Å². The molecule has 1 aliphatic carbocycles. The van der Waals surface area contributed by atoms with Crippen LogP contribution in [0.1, 0.15) is 62.2 Å². The Hall–Kier alpha value is -3.14. The molecule has 2 aliphatic rings. The number of nitrogens with zero attached hydrogens (tertiary/aromatic N) is 4. The van der Waals surface area contributed by atoms with E-state index in [0.717, 1.165) is 17.4 Å². The lowest BCUT2D eigenvalue weighted by Gasteiger charge is -2.38. The molecule has 4 rings (SSSR count). The summed E-state index contributed by atoms with van der Waals surface area (Å²) < 4.78 is 8.20. The van der Waals surface area contributed by atoms with Crippen LogP contribution in [0.2, 0.25) is 0 Å². The first-order valence-electron chi connectivity index (χ1n) is 11.8. The van der Waals surface area contributed by atoms with E-state index < -0.39 is 11.5 Å². The average molecular weight is 472 g/mol. The van der Waals surface area contributed by atoms with Crippen molar-refractivity contribution in [2.24, 2.45) is 5.92 Å². The molecule has 1 aliphatic heterocycles. The van der Waals surface area contributed by atoms with Crippen LogP contribution >= 0.6 is 0 Å². The summed E-state index contributed by atoms with van der Waals surface area (Å²) in [4.78, 5) is 40.8. The van der Waals surface area contributed by atoms with Gasteiger partial charge in [-0.3, -0.25) is 19.0 Å². The molecule has 34 heavy (non-hydrogen) atoms. The lowest BCUT2D eigenvalue weighted by molar-refractivity contribution is -0.138. The lowest BCUT2D eigenvalue weighted by Crippen LogP contribution is -2.51. The highest BCUT2D eigenvalue weighted by Crippen LogP contribution is 2.26. The smallest absolute Gasteiger partial charge is 0.291 e. The van der Waals surface area contributed by atoms with E-state index in [0.29, 0.717) is 36.7 Å². The average Bonchev–Trinajstić information content (AvgIpc) is 3.50. The van der Waals surface area contributed by atoms with Gasteiger partial charge in [0.05, 0.1) is 31.0 Å². The van der Waals surface area contributed by atoms with Crippen LogP contribution in [0.3, 0.4) is 0 Å². The number of ether oxygens (including phenoxy) is 1. The van der Waals surface area contributed by atoms with Crippen molar-refractivity contribution < 1.29 is 19.4 Å². The van der Waals surface area contributed by atoms with Crippen LogP contribution in [-0.2, 0) is 16.1 Å². The Balaban J connectivity index is 1.81. The summed E-state index contributed by atoms with van der Waals surface area (Å²) in [5.74, 6) is -1.04. The molecule has 0 unspecified atom stereocenters. The predicted molar refractivity (Wildman–Crippen MR) is 127 cm³/mol. The minimum absolute atomic E-state index is 0.0365. The SMILES string of the molecule is Cc1nn2c(=O)c(C(=O)NC3CC3)c(O)n(CC(C)C)c2c1/C=C/C(=O)N1[C@H](C)COC[C@@H]1C. The molecule has 0 spiro atoms. The van der Waals surface area contributed by atoms with Gasteiger partial charge in [0.15, 0.2) is 5.56 Å². The monoisotopic (exact) mass is 471 g/mol. The van der Waals surface area contributed by atoms with Gasteiger partial charge in [-0.15, -0.1) is 0 Å². The van der Waals surface area contributed by atoms with Gasteiger partial charge in [0, 0.05) is 24.2 Å². The molecule has 0 bridgehead atoms. The number of hydrogen-bond acceptors (Lipinski definition) is 6. The number of carbonyl (C=O) groups excluding carboxylic acids is 2. The van der Waals surface area contributed by atoms with Crippen molar-refractivity contribution in [2.75, 3.05) is 13.2 Å². The Morgan fingerprint density at radius 1 is 1.24 bits per heavy atom. The number of amides is 2. The van der Waals surface area contributed by atoms with E-state index in [4.69, 9.17) is 4.74 Å². The van der Waals surface area contributed by atoms with Gasteiger partial charge in [0.1, 0.15) is 5.65 Å². The predicted octanol–water partition coefficient (Wildman–Crippen LogP) is 1.71. The number of nitrogens with one attached hydrogen (secondary N) is 1. The molecule has 10 heteroatoms. The molecule has 0 aromatic carbocycles. The summed E-state index contributed by atoms with van der Waals surface area (Å²) in [5.41, 5.74) is 0.411. The number of morpholine rings is 1. The van der Waals surface area contributed by atoms with Gasteiger partial charge >= 0.3 is 0 Å². The third-order valence-corrected chi connectivity index (χ3v) is 6.22. The highest BCUT2D eigenvalue weighted by Gasteiger charge is 2.31. The van der Waals surface area contributed by atoms with Gasteiger partial charge in [-0.25, -0.2) is 0 Å². The second-order valence-corrected chi connectivity index (χ2v) is 9.80. The van der Waals surface area contributed by atoms with Crippen LogP contribution in [0.15, 0.2) is 10.9 Å². The first kappa shape index (κ1) is 24.0. The number of rotatable bonds is 6. The maximum absolute atomic E-state index is 13.2. The van der Waals surface area contributed by atoms with E-state index in [1.165, 1.54) is 10.6 Å². The van der Waals surface area contributed by atoms with E-state index in [2.05, 4.69) is 10.4 Å². The van der Waals surface area contributed by atoms with Crippen molar-refractivity contribution in [1.29, 1.82) is 0 Å². The van der Waals surface area contributed by atoms with Crippen molar-refractivity contribution in [3.05, 3.63) is 33.3 Å². The van der Waals surface area contributed by atoms with E-state index in [9.17, 15) is 19.5 Å². The quantitative estimate of drug-likeness (QED) is 0.620. The standard InChI is InChI=1S/C24H33N5O5/c1-13(2)10-27-22-18(8-9-19(30)28-14(3)11-34-12-15(28)4)16(5)26-29(22)24(33)20(23(27)32)21(31)25-17-6-7-17/h8-9,13-15,17,32H,6-7,10-12H2,1-5H3,(H,25,31)/b9-8+/t14-,15+. The molecule has 1 saturated carbocycles. The number of aromatic nitrogens is 3. The highest BCUT2D eigenvalue weighted by molar-refractivity contribution is 5.97. The van der Waals surface area contributed by atoms with Crippen molar-refractivity contribution >= 4 is 23.5 Å². The lowest BCUT2D eigenvalue weighted by atomic mass is 10.1. The molecule has 2 aromatic heterocycles. The summed E-state index contributed by atoms with van der Waals surface area (Å²) in [7, 11) is 0. The Morgan fingerprint density at radius 3 is 2.47 bits per heavy atom. The van der Waals surface area contributed by atoms with Gasteiger partial charge in [-0.2, -0.15) is 9.61 Å². The Kier molecular flexibility index (Phi) is 6.53. The summed E-state index contributed by atoms with van der Waals surface area (Å²) >= 11 is 0. The van der Waals surface area contributed by atoms with E-state index in [1.54, 1.807) is 17.9 Å².